The second kappa shape index (κ2) is 4.81. The minimum absolute atomic E-state index is 0.364. The van der Waals surface area contributed by atoms with Gasteiger partial charge in [0.05, 0.1) is 0 Å². The summed E-state index contributed by atoms with van der Waals surface area (Å²) in [7, 11) is 0. The molecule has 0 aliphatic carbocycles. The van der Waals surface area contributed by atoms with Crippen LogP contribution < -0.4 is 16.0 Å². The average Bonchev–Trinajstić information content (AvgIpc) is 2.10. The molecule has 0 heterocycles. The summed E-state index contributed by atoms with van der Waals surface area (Å²) in [4.78, 5) is 10.1. The first-order valence-corrected chi connectivity index (χ1v) is 3.98. The van der Waals surface area contributed by atoms with Crippen molar-refractivity contribution in [1.82, 2.24) is 5.43 Å². The van der Waals surface area contributed by atoms with Crippen LogP contribution in [0.2, 0.25) is 5.02 Å². The largest absolute Gasteiger partial charge is 0.428 e. The molecule has 1 aromatic carbocycles. The highest BCUT2D eigenvalue weighted by molar-refractivity contribution is 6.30. The van der Waals surface area contributed by atoms with Crippen molar-refractivity contribution in [3.05, 3.63) is 28.8 Å². The molecular formula is C8H9ClN2O2. The van der Waals surface area contributed by atoms with Gasteiger partial charge in [0.2, 0.25) is 0 Å². The van der Waals surface area contributed by atoms with Crippen LogP contribution in [0, 0.1) is 0 Å². The molecule has 4 nitrogen and oxygen atoms in total. The van der Waals surface area contributed by atoms with E-state index in [4.69, 9.17) is 22.2 Å². The van der Waals surface area contributed by atoms with E-state index in [9.17, 15) is 4.79 Å². The van der Waals surface area contributed by atoms with Crippen molar-refractivity contribution in [3.63, 3.8) is 0 Å². The topological polar surface area (TPSA) is 64.3 Å². The van der Waals surface area contributed by atoms with Crippen LogP contribution in [0.4, 0.5) is 0 Å². The summed E-state index contributed by atoms with van der Waals surface area (Å²) in [6, 6.07) is 4.93. The van der Waals surface area contributed by atoms with Crippen LogP contribution in [0.3, 0.4) is 0 Å². The zero-order valence-electron chi connectivity index (χ0n) is 6.79. The van der Waals surface area contributed by atoms with Crippen molar-refractivity contribution < 1.29 is 9.53 Å². The fourth-order valence-electron chi connectivity index (χ4n) is 0.963. The van der Waals surface area contributed by atoms with Crippen LogP contribution in [-0.4, -0.2) is 6.47 Å². The third-order valence-corrected chi connectivity index (χ3v) is 1.73. The highest BCUT2D eigenvalue weighted by Crippen LogP contribution is 2.22. The van der Waals surface area contributed by atoms with Gasteiger partial charge in [0.25, 0.3) is 6.47 Å². The van der Waals surface area contributed by atoms with Crippen molar-refractivity contribution >= 4 is 18.1 Å². The number of hydrogen-bond donors (Lipinski definition) is 2. The second-order valence-corrected chi connectivity index (χ2v) is 2.78. The fourth-order valence-corrected chi connectivity index (χ4v) is 1.16. The van der Waals surface area contributed by atoms with E-state index in [0.29, 0.717) is 23.8 Å². The molecule has 0 atom stereocenters. The molecule has 0 aliphatic heterocycles. The predicted octanol–water partition coefficient (Wildman–Crippen LogP) is 0.838. The number of ether oxygens (including phenoxy) is 1. The highest BCUT2D eigenvalue weighted by Gasteiger charge is 2.03. The van der Waals surface area contributed by atoms with E-state index in [-0.39, 0.29) is 0 Å². The summed E-state index contributed by atoms with van der Waals surface area (Å²) in [5.41, 5.74) is 3.19. The lowest BCUT2D eigenvalue weighted by molar-refractivity contribution is -0.120. The normalized spacial score (nSPS) is 9.69. The van der Waals surface area contributed by atoms with Gasteiger partial charge < -0.3 is 4.74 Å². The predicted molar refractivity (Wildman–Crippen MR) is 49.2 cm³/mol. The van der Waals surface area contributed by atoms with Crippen molar-refractivity contribution in [2.45, 2.75) is 6.54 Å². The van der Waals surface area contributed by atoms with Crippen molar-refractivity contribution in [2.75, 3.05) is 0 Å². The molecule has 1 aromatic rings. The Morgan fingerprint density at radius 3 is 3.00 bits per heavy atom. The van der Waals surface area contributed by atoms with E-state index in [1.165, 1.54) is 0 Å². The number of hydrazine groups is 1. The molecule has 0 amide bonds. The highest BCUT2D eigenvalue weighted by atomic mass is 35.5. The van der Waals surface area contributed by atoms with E-state index >= 15 is 0 Å². The summed E-state index contributed by atoms with van der Waals surface area (Å²) >= 11 is 5.74. The molecule has 0 aromatic heterocycles. The molecule has 0 radical (unpaired) electrons. The van der Waals surface area contributed by atoms with Gasteiger partial charge in [-0.1, -0.05) is 11.6 Å². The van der Waals surface area contributed by atoms with Crippen LogP contribution >= 0.6 is 11.6 Å². The van der Waals surface area contributed by atoms with Gasteiger partial charge in [-0.15, -0.1) is 0 Å². The maximum Gasteiger partial charge on any atom is 0.298 e. The Labute approximate surface area is 80.6 Å². The number of carbonyl (C=O) groups is 1. The van der Waals surface area contributed by atoms with E-state index in [0.717, 1.165) is 5.56 Å². The molecule has 0 saturated carbocycles. The number of rotatable bonds is 4. The Bertz CT molecular complexity index is 304. The van der Waals surface area contributed by atoms with Gasteiger partial charge in [-0.25, -0.2) is 0 Å². The van der Waals surface area contributed by atoms with Gasteiger partial charge in [-0.2, -0.15) is 0 Å². The van der Waals surface area contributed by atoms with Gasteiger partial charge in [-0.05, 0) is 18.2 Å². The number of carbonyl (C=O) groups excluding carboxylic acids is 1. The summed E-state index contributed by atoms with van der Waals surface area (Å²) in [6.45, 7) is 0.757. The SMILES string of the molecule is NNCc1cc(Cl)ccc1OC=O. The lowest BCUT2D eigenvalue weighted by Crippen LogP contribution is -2.21. The zero-order chi connectivity index (χ0) is 9.68. The van der Waals surface area contributed by atoms with Gasteiger partial charge >= 0.3 is 0 Å². The molecule has 70 valence electrons. The Balaban J connectivity index is 2.95. The smallest absolute Gasteiger partial charge is 0.298 e. The molecule has 1 rings (SSSR count). The summed E-state index contributed by atoms with van der Waals surface area (Å²) in [5.74, 6) is 5.59. The number of benzene rings is 1. The van der Waals surface area contributed by atoms with Crippen LogP contribution in [0.1, 0.15) is 5.56 Å². The van der Waals surface area contributed by atoms with Crippen LogP contribution in [0.25, 0.3) is 0 Å². The molecule has 0 bridgehead atoms. The van der Waals surface area contributed by atoms with Crippen LogP contribution in [0.5, 0.6) is 5.75 Å². The lowest BCUT2D eigenvalue weighted by atomic mass is 10.2. The average molecular weight is 201 g/mol. The molecule has 0 spiro atoms. The lowest BCUT2D eigenvalue weighted by Gasteiger charge is -2.06. The summed E-state index contributed by atoms with van der Waals surface area (Å²) in [5, 5.41) is 0.573. The quantitative estimate of drug-likeness (QED) is 0.430. The third kappa shape index (κ3) is 2.69. The molecule has 13 heavy (non-hydrogen) atoms. The first-order valence-electron chi connectivity index (χ1n) is 3.60. The first kappa shape index (κ1) is 9.98. The van der Waals surface area contributed by atoms with Gasteiger partial charge in [-0.3, -0.25) is 16.1 Å². The Hall–Kier alpha value is -1.10. The Kier molecular flexibility index (Phi) is 3.70. The number of nitrogens with two attached hydrogens (primary N) is 1. The molecule has 0 unspecified atom stereocenters. The van der Waals surface area contributed by atoms with Crippen molar-refractivity contribution in [1.29, 1.82) is 0 Å². The number of halogens is 1. The van der Waals surface area contributed by atoms with Gasteiger partial charge in [0.15, 0.2) is 0 Å². The number of nitrogens with one attached hydrogen (secondary N) is 1. The fraction of sp³-hybridized carbons (Fsp3) is 0.125. The van der Waals surface area contributed by atoms with E-state index in [1.54, 1.807) is 18.2 Å². The molecule has 5 heteroatoms. The van der Waals surface area contributed by atoms with E-state index in [1.807, 2.05) is 0 Å². The standard InChI is InChI=1S/C8H9ClN2O2/c9-7-1-2-8(13-5-12)6(3-7)4-11-10/h1-3,5,11H,4,10H2. The third-order valence-electron chi connectivity index (χ3n) is 1.49. The Morgan fingerprint density at radius 2 is 2.38 bits per heavy atom. The molecule has 3 N–H and O–H groups in total. The Morgan fingerprint density at radius 1 is 1.62 bits per heavy atom. The molecule has 0 fully saturated rings. The first-order chi connectivity index (χ1) is 6.27. The maximum absolute atomic E-state index is 10.1. The molecule has 0 aliphatic rings. The number of hydrogen-bond acceptors (Lipinski definition) is 4. The molecule has 0 saturated heterocycles. The van der Waals surface area contributed by atoms with E-state index in [2.05, 4.69) is 5.43 Å². The zero-order valence-corrected chi connectivity index (χ0v) is 7.54. The maximum atomic E-state index is 10.1. The van der Waals surface area contributed by atoms with Crippen LogP contribution in [-0.2, 0) is 11.3 Å². The van der Waals surface area contributed by atoms with Gasteiger partial charge in [0.1, 0.15) is 5.75 Å². The van der Waals surface area contributed by atoms with Crippen LogP contribution in [0.15, 0.2) is 18.2 Å². The van der Waals surface area contributed by atoms with Crippen molar-refractivity contribution in [2.24, 2.45) is 5.84 Å². The molecular weight excluding hydrogens is 192 g/mol. The van der Waals surface area contributed by atoms with Gasteiger partial charge in [0, 0.05) is 17.1 Å². The monoisotopic (exact) mass is 200 g/mol. The van der Waals surface area contributed by atoms with E-state index < -0.39 is 0 Å². The summed E-state index contributed by atoms with van der Waals surface area (Å²) in [6.07, 6.45) is 0. The van der Waals surface area contributed by atoms with Crippen molar-refractivity contribution in [3.8, 4) is 5.75 Å². The summed E-state index contributed by atoms with van der Waals surface area (Å²) < 4.78 is 4.71. The second-order valence-electron chi connectivity index (χ2n) is 2.35. The minimum Gasteiger partial charge on any atom is -0.428 e. The minimum atomic E-state index is 0.364.